The number of nitrogens with one attached hydrogen (secondary N) is 3. The van der Waals surface area contributed by atoms with Crippen LogP contribution < -0.4 is 20.1 Å². The van der Waals surface area contributed by atoms with E-state index in [0.717, 1.165) is 11.3 Å². The van der Waals surface area contributed by atoms with Gasteiger partial charge in [-0.2, -0.15) is 0 Å². The Morgan fingerprint density at radius 3 is 2.10 bits per heavy atom. The Hall–Kier alpha value is -3.10. The van der Waals surface area contributed by atoms with Crippen LogP contribution >= 0.6 is 12.2 Å². The molecule has 29 heavy (non-hydrogen) atoms. The largest absolute Gasteiger partial charge is 0.497 e. The summed E-state index contributed by atoms with van der Waals surface area (Å²) >= 11 is 5.31. The third kappa shape index (κ3) is 5.69. The number of sulfonamides is 1. The number of methoxy groups -OCH3 is 1. The highest BCUT2D eigenvalue weighted by atomic mass is 32.2. The summed E-state index contributed by atoms with van der Waals surface area (Å²) in [5.74, 6) is 0.651. The van der Waals surface area contributed by atoms with E-state index in [2.05, 4.69) is 15.4 Å². The van der Waals surface area contributed by atoms with Gasteiger partial charge in [-0.3, -0.25) is 4.72 Å². The van der Waals surface area contributed by atoms with Gasteiger partial charge in [-0.05, 0) is 85.4 Å². The molecular formula is C21H21N3O3S2. The molecular weight excluding hydrogens is 406 g/mol. The fourth-order valence-corrected chi connectivity index (χ4v) is 3.90. The van der Waals surface area contributed by atoms with Gasteiger partial charge >= 0.3 is 0 Å². The Labute approximate surface area is 176 Å². The number of anilines is 3. The van der Waals surface area contributed by atoms with E-state index < -0.39 is 10.0 Å². The van der Waals surface area contributed by atoms with Crippen LogP contribution in [0.3, 0.4) is 0 Å². The number of rotatable bonds is 6. The number of benzene rings is 3. The number of hydrogen-bond acceptors (Lipinski definition) is 4. The topological polar surface area (TPSA) is 79.5 Å². The zero-order valence-electron chi connectivity index (χ0n) is 16.0. The summed E-state index contributed by atoms with van der Waals surface area (Å²) in [5, 5.41) is 6.56. The monoisotopic (exact) mass is 427 g/mol. The van der Waals surface area contributed by atoms with Gasteiger partial charge < -0.3 is 15.4 Å². The van der Waals surface area contributed by atoms with Crippen molar-refractivity contribution in [2.24, 2.45) is 0 Å². The maximum Gasteiger partial charge on any atom is 0.261 e. The van der Waals surface area contributed by atoms with Gasteiger partial charge in [-0.1, -0.05) is 12.1 Å². The molecule has 0 aliphatic heterocycles. The fourth-order valence-electron chi connectivity index (χ4n) is 2.61. The second kappa shape index (κ2) is 8.93. The molecule has 0 heterocycles. The first-order valence-electron chi connectivity index (χ1n) is 8.77. The molecule has 0 aliphatic rings. The molecule has 0 aliphatic carbocycles. The summed E-state index contributed by atoms with van der Waals surface area (Å²) < 4.78 is 32.7. The van der Waals surface area contributed by atoms with Crippen LogP contribution in [0, 0.1) is 6.92 Å². The van der Waals surface area contributed by atoms with Gasteiger partial charge in [-0.15, -0.1) is 0 Å². The molecule has 0 atom stereocenters. The predicted octanol–water partition coefficient (Wildman–Crippen LogP) is 4.61. The average Bonchev–Trinajstić information content (AvgIpc) is 2.68. The van der Waals surface area contributed by atoms with Crippen LogP contribution in [-0.4, -0.2) is 20.6 Å². The van der Waals surface area contributed by atoms with E-state index >= 15 is 0 Å². The van der Waals surface area contributed by atoms with Gasteiger partial charge in [0.15, 0.2) is 5.11 Å². The highest BCUT2D eigenvalue weighted by Crippen LogP contribution is 2.21. The van der Waals surface area contributed by atoms with Crippen LogP contribution in [0.1, 0.15) is 5.56 Å². The molecule has 3 aromatic rings. The van der Waals surface area contributed by atoms with Crippen LogP contribution in [0.5, 0.6) is 5.75 Å². The van der Waals surface area contributed by atoms with Crippen molar-refractivity contribution in [1.82, 2.24) is 0 Å². The summed E-state index contributed by atoms with van der Waals surface area (Å²) in [6.45, 7) is 2.00. The molecule has 8 heteroatoms. The third-order valence-corrected chi connectivity index (χ3v) is 5.64. The number of ether oxygens (including phenoxy) is 1. The van der Waals surface area contributed by atoms with Crippen LogP contribution in [0.2, 0.25) is 0 Å². The van der Waals surface area contributed by atoms with E-state index in [4.69, 9.17) is 17.0 Å². The minimum atomic E-state index is -3.70. The second-order valence-electron chi connectivity index (χ2n) is 6.31. The van der Waals surface area contributed by atoms with Crippen molar-refractivity contribution in [1.29, 1.82) is 0 Å². The second-order valence-corrected chi connectivity index (χ2v) is 8.40. The normalized spacial score (nSPS) is 10.8. The summed E-state index contributed by atoms with van der Waals surface area (Å²) in [7, 11) is -2.15. The van der Waals surface area contributed by atoms with Crippen molar-refractivity contribution in [2.45, 2.75) is 11.8 Å². The summed E-state index contributed by atoms with van der Waals surface area (Å²) in [6, 6.07) is 20.8. The minimum Gasteiger partial charge on any atom is -0.497 e. The molecule has 0 spiro atoms. The Balaban J connectivity index is 1.64. The van der Waals surface area contributed by atoms with E-state index in [1.54, 1.807) is 43.5 Å². The standard InChI is InChI=1S/C21H21N3O3S2/c1-15-4-3-5-18(14-15)23-21(28)22-16-8-12-20(13-9-16)29(25,26)24-17-6-10-19(27-2)11-7-17/h3-14,24H,1-2H3,(H2,22,23,28). The highest BCUT2D eigenvalue weighted by Gasteiger charge is 2.14. The fraction of sp³-hybridized carbons (Fsp3) is 0.0952. The van der Waals surface area contributed by atoms with Gasteiger partial charge in [0.05, 0.1) is 12.0 Å². The molecule has 0 radical (unpaired) electrons. The van der Waals surface area contributed by atoms with Gasteiger partial charge in [0, 0.05) is 17.1 Å². The Morgan fingerprint density at radius 2 is 1.48 bits per heavy atom. The van der Waals surface area contributed by atoms with Gasteiger partial charge in [0.2, 0.25) is 0 Å². The summed E-state index contributed by atoms with van der Waals surface area (Å²) in [5.41, 5.74) is 3.14. The molecule has 0 saturated heterocycles. The lowest BCUT2D eigenvalue weighted by atomic mass is 10.2. The lowest BCUT2D eigenvalue weighted by molar-refractivity contribution is 0.415. The van der Waals surface area contributed by atoms with Gasteiger partial charge in [0.25, 0.3) is 10.0 Å². The van der Waals surface area contributed by atoms with E-state index in [0.29, 0.717) is 22.2 Å². The minimum absolute atomic E-state index is 0.149. The first-order valence-corrected chi connectivity index (χ1v) is 10.7. The molecule has 0 saturated carbocycles. The lowest BCUT2D eigenvalue weighted by Crippen LogP contribution is -2.19. The Bertz CT molecular complexity index is 1100. The van der Waals surface area contributed by atoms with Crippen LogP contribution in [0.25, 0.3) is 0 Å². The highest BCUT2D eigenvalue weighted by molar-refractivity contribution is 7.92. The lowest BCUT2D eigenvalue weighted by Gasteiger charge is -2.12. The molecule has 3 N–H and O–H groups in total. The summed E-state index contributed by atoms with van der Waals surface area (Å²) in [4.78, 5) is 0.149. The molecule has 0 aromatic heterocycles. The van der Waals surface area contributed by atoms with Crippen LogP contribution in [0.4, 0.5) is 17.1 Å². The molecule has 6 nitrogen and oxygen atoms in total. The average molecular weight is 428 g/mol. The molecule has 0 bridgehead atoms. The summed E-state index contributed by atoms with van der Waals surface area (Å²) in [6.07, 6.45) is 0. The van der Waals surface area contributed by atoms with Crippen molar-refractivity contribution in [3.63, 3.8) is 0 Å². The molecule has 0 fully saturated rings. The maximum absolute atomic E-state index is 12.6. The first-order chi connectivity index (χ1) is 13.9. The van der Waals surface area contributed by atoms with Crippen LogP contribution in [0.15, 0.2) is 77.7 Å². The number of hydrogen-bond donors (Lipinski definition) is 3. The molecule has 150 valence electrons. The maximum atomic E-state index is 12.6. The van der Waals surface area contributed by atoms with Gasteiger partial charge in [-0.25, -0.2) is 8.42 Å². The van der Waals surface area contributed by atoms with Gasteiger partial charge in [0.1, 0.15) is 5.75 Å². The van der Waals surface area contributed by atoms with E-state index in [1.807, 2.05) is 31.2 Å². The number of thiocarbonyl (C=S) groups is 1. The Morgan fingerprint density at radius 1 is 0.862 bits per heavy atom. The third-order valence-electron chi connectivity index (χ3n) is 4.04. The van der Waals surface area contributed by atoms with Crippen molar-refractivity contribution >= 4 is 44.4 Å². The Kier molecular flexibility index (Phi) is 6.36. The molecule has 3 rings (SSSR count). The predicted molar refractivity (Wildman–Crippen MR) is 121 cm³/mol. The van der Waals surface area contributed by atoms with Crippen molar-refractivity contribution < 1.29 is 13.2 Å². The first kappa shape index (κ1) is 20.6. The van der Waals surface area contributed by atoms with Crippen molar-refractivity contribution in [2.75, 3.05) is 22.5 Å². The smallest absolute Gasteiger partial charge is 0.261 e. The zero-order valence-corrected chi connectivity index (χ0v) is 17.6. The molecule has 0 unspecified atom stereocenters. The van der Waals surface area contributed by atoms with E-state index in [9.17, 15) is 8.42 Å². The van der Waals surface area contributed by atoms with E-state index in [-0.39, 0.29) is 4.90 Å². The SMILES string of the molecule is COc1ccc(NS(=O)(=O)c2ccc(NC(=S)Nc3cccc(C)c3)cc2)cc1. The quantitative estimate of drug-likeness (QED) is 0.499. The van der Waals surface area contributed by atoms with Crippen LogP contribution in [-0.2, 0) is 10.0 Å². The molecule has 3 aromatic carbocycles. The van der Waals surface area contributed by atoms with Crippen molar-refractivity contribution in [3.05, 3.63) is 78.4 Å². The van der Waals surface area contributed by atoms with E-state index in [1.165, 1.54) is 12.1 Å². The van der Waals surface area contributed by atoms with Crippen molar-refractivity contribution in [3.8, 4) is 5.75 Å². The number of aryl methyl sites for hydroxylation is 1. The zero-order chi connectivity index (χ0) is 20.9. The molecule has 0 amide bonds.